The number of hydrogen-bond acceptors (Lipinski definition) is 2. The van der Waals surface area contributed by atoms with E-state index in [1.54, 1.807) is 13.0 Å². The van der Waals surface area contributed by atoms with Crippen molar-refractivity contribution in [2.45, 2.75) is 20.3 Å². The zero-order valence-corrected chi connectivity index (χ0v) is 11.2. The normalized spacial score (nSPS) is 23.1. The highest BCUT2D eigenvalue weighted by molar-refractivity contribution is 6.33. The molecule has 0 radical (unpaired) electrons. The number of aryl methyl sites for hydroxylation is 1. The number of nitrogens with one attached hydrogen (secondary N) is 2. The lowest BCUT2D eigenvalue weighted by Gasteiger charge is -2.22. The minimum Gasteiger partial charge on any atom is -0.324 e. The highest BCUT2D eigenvalue weighted by Gasteiger charge is 2.36. The van der Waals surface area contributed by atoms with Gasteiger partial charge in [-0.2, -0.15) is 0 Å². The van der Waals surface area contributed by atoms with Gasteiger partial charge in [0.15, 0.2) is 0 Å². The number of carbonyl (C=O) groups is 1. The Kier molecular flexibility index (Phi) is 3.59. The fourth-order valence-electron chi connectivity index (χ4n) is 2.04. The first-order valence-electron chi connectivity index (χ1n) is 5.90. The maximum atomic E-state index is 13.3. The molecular weight excluding hydrogens is 255 g/mol. The van der Waals surface area contributed by atoms with Gasteiger partial charge in [0.05, 0.1) is 16.1 Å². The van der Waals surface area contributed by atoms with Gasteiger partial charge in [-0.15, -0.1) is 0 Å². The number of rotatable bonds is 2. The molecule has 1 unspecified atom stereocenters. The largest absolute Gasteiger partial charge is 0.324 e. The van der Waals surface area contributed by atoms with Crippen molar-refractivity contribution >= 4 is 23.2 Å². The predicted molar refractivity (Wildman–Crippen MR) is 70.4 cm³/mol. The van der Waals surface area contributed by atoms with Crippen molar-refractivity contribution in [2.24, 2.45) is 5.41 Å². The molecule has 1 aliphatic heterocycles. The Morgan fingerprint density at radius 2 is 2.28 bits per heavy atom. The van der Waals surface area contributed by atoms with Crippen LogP contribution in [0.25, 0.3) is 0 Å². The molecular formula is C13H16ClFN2O. The van der Waals surface area contributed by atoms with Crippen LogP contribution in [-0.4, -0.2) is 19.0 Å². The summed E-state index contributed by atoms with van der Waals surface area (Å²) in [5.41, 5.74) is 0.504. The number of halogens is 2. The van der Waals surface area contributed by atoms with Gasteiger partial charge in [0, 0.05) is 6.54 Å². The van der Waals surface area contributed by atoms with Crippen molar-refractivity contribution in [2.75, 3.05) is 18.4 Å². The maximum Gasteiger partial charge on any atom is 0.231 e. The molecule has 0 spiro atoms. The van der Waals surface area contributed by atoms with Gasteiger partial charge in [-0.25, -0.2) is 4.39 Å². The van der Waals surface area contributed by atoms with Crippen LogP contribution in [0.2, 0.25) is 5.02 Å². The van der Waals surface area contributed by atoms with Crippen molar-refractivity contribution in [3.05, 3.63) is 28.5 Å². The molecule has 1 amide bonds. The number of benzene rings is 1. The summed E-state index contributed by atoms with van der Waals surface area (Å²) >= 11 is 5.93. The molecule has 1 aromatic carbocycles. The van der Waals surface area contributed by atoms with E-state index >= 15 is 0 Å². The zero-order chi connectivity index (χ0) is 13.3. The summed E-state index contributed by atoms with van der Waals surface area (Å²) in [5.74, 6) is -0.452. The van der Waals surface area contributed by atoms with E-state index in [1.807, 2.05) is 6.92 Å². The molecule has 1 aliphatic rings. The van der Waals surface area contributed by atoms with Crippen LogP contribution < -0.4 is 10.6 Å². The zero-order valence-electron chi connectivity index (χ0n) is 10.4. The summed E-state index contributed by atoms with van der Waals surface area (Å²) in [6, 6.07) is 2.78. The average Bonchev–Trinajstić information content (AvgIpc) is 2.74. The van der Waals surface area contributed by atoms with Crippen LogP contribution >= 0.6 is 11.6 Å². The third-order valence-electron chi connectivity index (χ3n) is 3.41. The molecule has 5 heteroatoms. The first kappa shape index (κ1) is 13.3. The number of anilines is 1. The summed E-state index contributed by atoms with van der Waals surface area (Å²) in [6.45, 7) is 5.03. The Morgan fingerprint density at radius 1 is 1.56 bits per heavy atom. The monoisotopic (exact) mass is 270 g/mol. The Bertz CT molecular complexity index is 484. The fraction of sp³-hybridized carbons (Fsp3) is 0.462. The topological polar surface area (TPSA) is 41.1 Å². The van der Waals surface area contributed by atoms with Gasteiger partial charge in [0.25, 0.3) is 0 Å². The quantitative estimate of drug-likeness (QED) is 0.868. The van der Waals surface area contributed by atoms with Crippen molar-refractivity contribution in [3.63, 3.8) is 0 Å². The van der Waals surface area contributed by atoms with Crippen molar-refractivity contribution in [3.8, 4) is 0 Å². The molecule has 0 aliphatic carbocycles. The molecule has 1 heterocycles. The number of amides is 1. The smallest absolute Gasteiger partial charge is 0.231 e. The Balaban J connectivity index is 2.19. The lowest BCUT2D eigenvalue weighted by atomic mass is 9.88. The average molecular weight is 271 g/mol. The molecule has 18 heavy (non-hydrogen) atoms. The van der Waals surface area contributed by atoms with E-state index < -0.39 is 5.41 Å². The van der Waals surface area contributed by atoms with E-state index in [4.69, 9.17) is 11.6 Å². The molecule has 2 N–H and O–H groups in total. The minimum absolute atomic E-state index is 0.0830. The second kappa shape index (κ2) is 4.86. The molecule has 0 bridgehead atoms. The van der Waals surface area contributed by atoms with Crippen LogP contribution in [0, 0.1) is 18.2 Å². The Labute approximate surface area is 111 Å². The van der Waals surface area contributed by atoms with E-state index in [-0.39, 0.29) is 16.7 Å². The van der Waals surface area contributed by atoms with E-state index in [9.17, 15) is 9.18 Å². The standard InChI is InChI=1S/C13H16ClFN2O/c1-8-5-11(9(14)6-10(8)15)17-12(18)13(2)3-4-16-7-13/h5-6,16H,3-4,7H2,1-2H3,(H,17,18). The Morgan fingerprint density at radius 3 is 2.89 bits per heavy atom. The van der Waals surface area contributed by atoms with Crippen molar-refractivity contribution in [1.82, 2.24) is 5.32 Å². The third-order valence-corrected chi connectivity index (χ3v) is 3.73. The molecule has 1 saturated heterocycles. The summed E-state index contributed by atoms with van der Waals surface area (Å²) in [6.07, 6.45) is 0.788. The van der Waals surface area contributed by atoms with Gasteiger partial charge in [-0.1, -0.05) is 11.6 Å². The van der Waals surface area contributed by atoms with Gasteiger partial charge in [-0.05, 0) is 44.5 Å². The first-order valence-corrected chi connectivity index (χ1v) is 6.28. The van der Waals surface area contributed by atoms with Gasteiger partial charge >= 0.3 is 0 Å². The third kappa shape index (κ3) is 2.49. The number of hydrogen-bond donors (Lipinski definition) is 2. The molecule has 0 aromatic heterocycles. The molecule has 0 saturated carbocycles. The molecule has 2 rings (SSSR count). The van der Waals surface area contributed by atoms with Crippen molar-refractivity contribution in [1.29, 1.82) is 0 Å². The second-order valence-corrected chi connectivity index (χ2v) is 5.43. The predicted octanol–water partition coefficient (Wildman–Crippen LogP) is 2.73. The lowest BCUT2D eigenvalue weighted by molar-refractivity contribution is -0.123. The summed E-state index contributed by atoms with van der Waals surface area (Å²) in [7, 11) is 0. The summed E-state index contributed by atoms with van der Waals surface area (Å²) < 4.78 is 13.3. The lowest BCUT2D eigenvalue weighted by Crippen LogP contribution is -2.35. The molecule has 1 fully saturated rings. The maximum absolute atomic E-state index is 13.3. The van der Waals surface area contributed by atoms with Crippen LogP contribution in [-0.2, 0) is 4.79 Å². The van der Waals surface area contributed by atoms with Crippen LogP contribution in [0.4, 0.5) is 10.1 Å². The van der Waals surface area contributed by atoms with E-state index in [0.717, 1.165) is 13.0 Å². The molecule has 1 aromatic rings. The highest BCUT2D eigenvalue weighted by Crippen LogP contribution is 2.30. The van der Waals surface area contributed by atoms with Crippen LogP contribution in [0.1, 0.15) is 18.9 Å². The van der Waals surface area contributed by atoms with Gasteiger partial charge in [0.2, 0.25) is 5.91 Å². The Hall–Kier alpha value is -1.13. The van der Waals surface area contributed by atoms with Gasteiger partial charge in [0.1, 0.15) is 5.82 Å². The SMILES string of the molecule is Cc1cc(NC(=O)C2(C)CCNC2)c(Cl)cc1F. The summed E-state index contributed by atoms with van der Waals surface area (Å²) in [4.78, 5) is 12.2. The van der Waals surface area contributed by atoms with E-state index in [0.29, 0.717) is 17.8 Å². The molecule has 98 valence electrons. The van der Waals surface area contributed by atoms with Crippen molar-refractivity contribution < 1.29 is 9.18 Å². The second-order valence-electron chi connectivity index (χ2n) is 5.02. The fourth-order valence-corrected chi connectivity index (χ4v) is 2.23. The van der Waals surface area contributed by atoms with Crippen LogP contribution in [0.5, 0.6) is 0 Å². The highest BCUT2D eigenvalue weighted by atomic mass is 35.5. The number of carbonyl (C=O) groups excluding carboxylic acids is 1. The minimum atomic E-state index is -0.425. The van der Waals surface area contributed by atoms with Crippen LogP contribution in [0.3, 0.4) is 0 Å². The summed E-state index contributed by atoms with van der Waals surface area (Å²) in [5, 5.41) is 6.17. The van der Waals surface area contributed by atoms with E-state index in [1.165, 1.54) is 6.07 Å². The van der Waals surface area contributed by atoms with E-state index in [2.05, 4.69) is 10.6 Å². The van der Waals surface area contributed by atoms with Gasteiger partial charge < -0.3 is 10.6 Å². The first-order chi connectivity index (χ1) is 8.42. The van der Waals surface area contributed by atoms with Crippen LogP contribution in [0.15, 0.2) is 12.1 Å². The van der Waals surface area contributed by atoms with Gasteiger partial charge in [-0.3, -0.25) is 4.79 Å². The molecule has 1 atom stereocenters. The molecule has 3 nitrogen and oxygen atoms in total.